The normalized spacial score (nSPS) is 19.0. The van der Waals surface area contributed by atoms with Crippen molar-refractivity contribution in [3.05, 3.63) is 65.7 Å². The molecule has 1 unspecified atom stereocenters. The van der Waals surface area contributed by atoms with Gasteiger partial charge in [0.15, 0.2) is 0 Å². The first-order valence-corrected chi connectivity index (χ1v) is 9.72. The van der Waals surface area contributed by atoms with Crippen molar-refractivity contribution in [3.63, 3.8) is 0 Å². The molecule has 5 heteroatoms. The number of benzene rings is 2. The van der Waals surface area contributed by atoms with Crippen LogP contribution in [0.4, 0.5) is 5.69 Å². The molecule has 0 saturated carbocycles. The maximum atomic E-state index is 12.3. The first-order chi connectivity index (χ1) is 12.5. The van der Waals surface area contributed by atoms with Crippen LogP contribution in [0, 0.1) is 6.92 Å². The van der Waals surface area contributed by atoms with Crippen LogP contribution in [0.3, 0.4) is 0 Å². The Morgan fingerprint density at radius 3 is 2.42 bits per heavy atom. The highest BCUT2D eigenvalue weighted by atomic mass is 32.2. The van der Waals surface area contributed by atoms with Crippen LogP contribution < -0.4 is 5.32 Å². The Hall–Kier alpha value is -2.40. The fourth-order valence-electron chi connectivity index (χ4n) is 2.60. The largest absolute Gasteiger partial charge is 0.325 e. The van der Waals surface area contributed by atoms with Crippen LogP contribution in [0.25, 0.3) is 0 Å². The van der Waals surface area contributed by atoms with Crippen molar-refractivity contribution in [2.75, 3.05) is 11.1 Å². The zero-order valence-electron chi connectivity index (χ0n) is 15.3. The van der Waals surface area contributed by atoms with E-state index in [0.29, 0.717) is 5.75 Å². The smallest absolute Gasteiger partial charge is 0.234 e. The summed E-state index contributed by atoms with van der Waals surface area (Å²) in [6, 6.07) is 17.8. The second-order valence-electron chi connectivity index (χ2n) is 6.52. The Morgan fingerprint density at radius 1 is 1.08 bits per heavy atom. The Kier molecular flexibility index (Phi) is 5.57. The summed E-state index contributed by atoms with van der Waals surface area (Å²) in [4.78, 5) is 21.9. The van der Waals surface area contributed by atoms with Gasteiger partial charge in [-0.1, -0.05) is 66.7 Å². The van der Waals surface area contributed by atoms with Crippen LogP contribution in [0.15, 0.2) is 64.6 Å². The van der Waals surface area contributed by atoms with Crippen LogP contribution >= 0.6 is 11.8 Å². The Labute approximate surface area is 158 Å². The third-order valence-corrected chi connectivity index (χ3v) is 5.25. The Bertz CT molecular complexity index is 843. The van der Waals surface area contributed by atoms with Crippen molar-refractivity contribution >= 4 is 34.1 Å². The van der Waals surface area contributed by atoms with Crippen molar-refractivity contribution in [3.8, 4) is 0 Å². The summed E-state index contributed by atoms with van der Waals surface area (Å²) in [5.41, 5.74) is 3.45. The predicted molar refractivity (Wildman–Crippen MR) is 111 cm³/mol. The lowest BCUT2D eigenvalue weighted by Gasteiger charge is -2.13. The first kappa shape index (κ1) is 18.4. The lowest BCUT2D eigenvalue weighted by atomic mass is 10.1. The summed E-state index contributed by atoms with van der Waals surface area (Å²) in [5.74, 6) is 0.261. The number of aliphatic imine (C=N–C) groups is 2. The number of thioether (sulfide) groups is 1. The van der Waals surface area contributed by atoms with Gasteiger partial charge in [0.05, 0.1) is 11.5 Å². The number of aryl methyl sites for hydroxylation is 1. The zero-order valence-corrected chi connectivity index (χ0v) is 16.1. The summed E-state index contributed by atoms with van der Waals surface area (Å²) < 4.78 is 0. The molecule has 0 saturated heterocycles. The van der Waals surface area contributed by atoms with Crippen LogP contribution in [0.2, 0.25) is 0 Å². The maximum absolute atomic E-state index is 12.3. The topological polar surface area (TPSA) is 53.8 Å². The lowest BCUT2D eigenvalue weighted by Crippen LogP contribution is -2.17. The van der Waals surface area contributed by atoms with Gasteiger partial charge in [0.25, 0.3) is 0 Å². The molecular formula is C21H23N3OS. The van der Waals surface area contributed by atoms with Gasteiger partial charge in [-0.2, -0.15) is 0 Å². The van der Waals surface area contributed by atoms with Crippen LogP contribution in [0.1, 0.15) is 31.4 Å². The van der Waals surface area contributed by atoms with Gasteiger partial charge in [-0.15, -0.1) is 0 Å². The van der Waals surface area contributed by atoms with Gasteiger partial charge in [-0.3, -0.25) is 9.79 Å². The number of nitrogens with one attached hydrogen (secondary N) is 1. The number of hydrogen-bond acceptors (Lipinski definition) is 4. The minimum Gasteiger partial charge on any atom is -0.325 e. The summed E-state index contributed by atoms with van der Waals surface area (Å²) in [6.07, 6.45) is 0.822. The van der Waals surface area contributed by atoms with E-state index in [1.165, 1.54) is 17.3 Å². The van der Waals surface area contributed by atoms with E-state index >= 15 is 0 Å². The number of anilines is 1. The van der Waals surface area contributed by atoms with Crippen LogP contribution in [0.5, 0.6) is 0 Å². The van der Waals surface area contributed by atoms with E-state index in [9.17, 15) is 4.79 Å². The Morgan fingerprint density at radius 2 is 1.77 bits per heavy atom. The highest BCUT2D eigenvalue weighted by molar-refractivity contribution is 8.16. The van der Waals surface area contributed by atoms with E-state index in [4.69, 9.17) is 9.98 Å². The molecule has 1 N–H and O–H groups in total. The molecule has 1 aliphatic rings. The van der Waals surface area contributed by atoms with Crippen LogP contribution in [-0.2, 0) is 4.79 Å². The minimum atomic E-state index is -0.444. The quantitative estimate of drug-likeness (QED) is 0.835. The molecule has 1 heterocycles. The molecule has 0 radical (unpaired) electrons. The van der Waals surface area contributed by atoms with Gasteiger partial charge in [0.1, 0.15) is 10.7 Å². The van der Waals surface area contributed by atoms with Crippen molar-refractivity contribution in [2.24, 2.45) is 9.98 Å². The number of carbonyl (C=O) groups is 1. The molecule has 26 heavy (non-hydrogen) atoms. The van der Waals surface area contributed by atoms with Gasteiger partial charge < -0.3 is 5.32 Å². The maximum Gasteiger partial charge on any atom is 0.234 e. The van der Waals surface area contributed by atoms with E-state index < -0.39 is 5.66 Å². The average Bonchev–Trinajstić information content (AvgIpc) is 3.00. The number of carbonyl (C=O) groups excluding carboxylic acids is 1. The summed E-state index contributed by atoms with van der Waals surface area (Å²) in [6.45, 7) is 6.12. The molecule has 1 atom stereocenters. The molecule has 0 fully saturated rings. The van der Waals surface area contributed by atoms with Gasteiger partial charge >= 0.3 is 0 Å². The lowest BCUT2D eigenvalue weighted by molar-refractivity contribution is -0.113. The van der Waals surface area contributed by atoms with Gasteiger partial charge in [-0.05, 0) is 32.4 Å². The molecular weight excluding hydrogens is 342 g/mol. The summed E-state index contributed by atoms with van der Waals surface area (Å²) in [7, 11) is 0. The number of rotatable bonds is 5. The predicted octanol–water partition coefficient (Wildman–Crippen LogP) is 4.69. The molecule has 0 bridgehead atoms. The monoisotopic (exact) mass is 365 g/mol. The third-order valence-electron chi connectivity index (χ3n) is 4.29. The number of amides is 1. The van der Waals surface area contributed by atoms with E-state index in [1.54, 1.807) is 0 Å². The molecule has 1 aliphatic heterocycles. The van der Waals surface area contributed by atoms with Crippen molar-refractivity contribution in [2.45, 2.75) is 32.9 Å². The van der Waals surface area contributed by atoms with Crippen LogP contribution in [-0.4, -0.2) is 28.1 Å². The van der Waals surface area contributed by atoms with Crippen molar-refractivity contribution < 1.29 is 4.79 Å². The summed E-state index contributed by atoms with van der Waals surface area (Å²) in [5, 5.41) is 3.76. The standard InChI is InChI=1S/C21H23N3OS/c1-4-21(3)23-19(16-8-6-5-7-9-16)20(24-21)26-14-18(25)22-17-12-10-15(2)11-13-17/h5-13H,4,14H2,1-3H3,(H,22,25). The number of hydrogen-bond donors (Lipinski definition) is 1. The fourth-order valence-corrected chi connectivity index (χ4v) is 3.50. The Balaban J connectivity index is 1.69. The molecule has 0 spiro atoms. The average molecular weight is 366 g/mol. The third kappa shape index (κ3) is 4.41. The second-order valence-corrected chi connectivity index (χ2v) is 7.48. The van der Waals surface area contributed by atoms with Gasteiger partial charge in [0, 0.05) is 11.3 Å². The molecule has 1 amide bonds. The fraction of sp³-hybridized carbons (Fsp3) is 0.286. The van der Waals surface area contributed by atoms with E-state index in [1.807, 2.05) is 68.4 Å². The highest BCUT2D eigenvalue weighted by Gasteiger charge is 2.31. The highest BCUT2D eigenvalue weighted by Crippen LogP contribution is 2.29. The van der Waals surface area contributed by atoms with E-state index in [0.717, 1.165) is 28.4 Å². The molecule has 2 aromatic rings. The molecule has 3 rings (SSSR count). The molecule has 2 aromatic carbocycles. The second kappa shape index (κ2) is 7.87. The van der Waals surface area contributed by atoms with E-state index in [2.05, 4.69) is 12.2 Å². The molecule has 134 valence electrons. The van der Waals surface area contributed by atoms with Crippen molar-refractivity contribution in [1.29, 1.82) is 0 Å². The van der Waals surface area contributed by atoms with Gasteiger partial charge in [0.2, 0.25) is 5.91 Å². The van der Waals surface area contributed by atoms with Gasteiger partial charge in [-0.25, -0.2) is 4.99 Å². The summed E-state index contributed by atoms with van der Waals surface area (Å²) >= 11 is 1.44. The molecule has 4 nitrogen and oxygen atoms in total. The first-order valence-electron chi connectivity index (χ1n) is 8.74. The molecule has 0 aromatic heterocycles. The van der Waals surface area contributed by atoms with Crippen molar-refractivity contribution in [1.82, 2.24) is 0 Å². The number of nitrogens with zero attached hydrogens (tertiary/aromatic N) is 2. The minimum absolute atomic E-state index is 0.0425. The van der Waals surface area contributed by atoms with E-state index in [-0.39, 0.29) is 5.91 Å². The molecule has 0 aliphatic carbocycles. The zero-order chi connectivity index (χ0) is 18.6. The SMILES string of the molecule is CCC1(C)N=C(SCC(=O)Nc2ccc(C)cc2)C(c2ccccc2)=N1.